The van der Waals surface area contributed by atoms with E-state index in [-0.39, 0.29) is 12.1 Å². The topological polar surface area (TPSA) is 80.6 Å². The van der Waals surface area contributed by atoms with Crippen LogP contribution in [0.15, 0.2) is 34.1 Å². The van der Waals surface area contributed by atoms with E-state index in [0.29, 0.717) is 17.0 Å². The molecule has 0 aliphatic carbocycles. The maximum atomic E-state index is 12.3. The third-order valence-corrected chi connectivity index (χ3v) is 3.20. The first-order valence-electron chi connectivity index (χ1n) is 6.55. The molecule has 2 atom stereocenters. The second-order valence-electron chi connectivity index (χ2n) is 4.71. The van der Waals surface area contributed by atoms with E-state index in [9.17, 15) is 9.59 Å². The van der Waals surface area contributed by atoms with Gasteiger partial charge in [0.1, 0.15) is 11.8 Å². The van der Waals surface area contributed by atoms with Gasteiger partial charge in [-0.2, -0.15) is 0 Å². The van der Waals surface area contributed by atoms with Crippen molar-refractivity contribution in [1.29, 1.82) is 0 Å². The van der Waals surface area contributed by atoms with Crippen LogP contribution in [0.5, 0.6) is 0 Å². The number of furan rings is 1. The zero-order chi connectivity index (χ0) is 14.7. The van der Waals surface area contributed by atoms with Gasteiger partial charge >= 0.3 is 12.0 Å². The van der Waals surface area contributed by atoms with Crippen LogP contribution in [0, 0.1) is 0 Å². The zero-order valence-electron chi connectivity index (χ0n) is 11.7. The van der Waals surface area contributed by atoms with Crippen LogP contribution in [0.3, 0.4) is 0 Å². The maximum absolute atomic E-state index is 12.3. The minimum atomic E-state index is -0.629. The number of urea groups is 1. The van der Waals surface area contributed by atoms with Crippen molar-refractivity contribution in [2.45, 2.75) is 39.3 Å². The highest BCUT2D eigenvalue weighted by Crippen LogP contribution is 2.28. The molecule has 6 heteroatoms. The Labute approximate surface area is 117 Å². The predicted octanol–water partition coefficient (Wildman–Crippen LogP) is 2.25. The average molecular weight is 278 g/mol. The largest absolute Gasteiger partial charge is 0.467 e. The fourth-order valence-electron chi connectivity index (χ4n) is 1.96. The van der Waals surface area contributed by atoms with Gasteiger partial charge in [0.2, 0.25) is 0 Å². The van der Waals surface area contributed by atoms with Gasteiger partial charge < -0.3 is 19.8 Å². The van der Waals surface area contributed by atoms with Crippen LogP contribution in [0.2, 0.25) is 0 Å². The van der Waals surface area contributed by atoms with Crippen molar-refractivity contribution < 1.29 is 18.7 Å². The van der Waals surface area contributed by atoms with Crippen molar-refractivity contribution in [2.75, 3.05) is 0 Å². The molecule has 2 amide bonds. The fraction of sp³-hybridized carbons (Fsp3) is 0.429. The summed E-state index contributed by atoms with van der Waals surface area (Å²) < 4.78 is 10.6. The molecule has 0 radical (unpaired) electrons. The van der Waals surface area contributed by atoms with Crippen LogP contribution >= 0.6 is 0 Å². The van der Waals surface area contributed by atoms with E-state index in [4.69, 9.17) is 9.15 Å². The van der Waals surface area contributed by atoms with E-state index in [1.165, 1.54) is 6.26 Å². The molecule has 108 valence electrons. The number of hydrogen-bond donors (Lipinski definition) is 2. The van der Waals surface area contributed by atoms with Crippen LogP contribution in [-0.2, 0) is 9.53 Å². The lowest BCUT2D eigenvalue weighted by atomic mass is 10.0. The minimum Gasteiger partial charge on any atom is -0.467 e. The van der Waals surface area contributed by atoms with Crippen molar-refractivity contribution in [1.82, 2.24) is 10.6 Å². The zero-order valence-corrected chi connectivity index (χ0v) is 11.7. The van der Waals surface area contributed by atoms with Gasteiger partial charge in [0, 0.05) is 5.70 Å². The Hall–Kier alpha value is -2.24. The number of esters is 1. The molecule has 0 unspecified atom stereocenters. The number of amides is 2. The van der Waals surface area contributed by atoms with Gasteiger partial charge in [-0.05, 0) is 32.4 Å². The van der Waals surface area contributed by atoms with Gasteiger partial charge in [0.05, 0.1) is 17.9 Å². The molecule has 0 aromatic carbocycles. The Morgan fingerprint density at radius 1 is 1.55 bits per heavy atom. The highest BCUT2D eigenvalue weighted by atomic mass is 16.5. The highest BCUT2D eigenvalue weighted by Gasteiger charge is 2.34. The van der Waals surface area contributed by atoms with E-state index in [2.05, 4.69) is 10.6 Å². The van der Waals surface area contributed by atoms with Crippen LogP contribution in [0.1, 0.15) is 39.0 Å². The Bertz CT molecular complexity index is 533. The molecule has 0 saturated carbocycles. The van der Waals surface area contributed by atoms with Crippen molar-refractivity contribution in [2.24, 2.45) is 0 Å². The van der Waals surface area contributed by atoms with Crippen molar-refractivity contribution in [3.63, 3.8) is 0 Å². The number of carbonyl (C=O) groups is 2. The van der Waals surface area contributed by atoms with E-state index >= 15 is 0 Å². The van der Waals surface area contributed by atoms with E-state index < -0.39 is 12.0 Å². The molecule has 1 aromatic heterocycles. The van der Waals surface area contributed by atoms with E-state index in [0.717, 1.165) is 6.42 Å². The third-order valence-electron chi connectivity index (χ3n) is 3.20. The molecular formula is C14H18N2O4. The normalized spacial score (nSPS) is 20.1. The highest BCUT2D eigenvalue weighted by molar-refractivity contribution is 5.94. The molecular weight excluding hydrogens is 260 g/mol. The smallest absolute Gasteiger partial charge is 0.338 e. The molecule has 1 aromatic rings. The average Bonchev–Trinajstić information content (AvgIpc) is 2.91. The Kier molecular flexibility index (Phi) is 4.12. The monoisotopic (exact) mass is 278 g/mol. The van der Waals surface area contributed by atoms with Gasteiger partial charge in [0.25, 0.3) is 0 Å². The molecule has 0 saturated heterocycles. The van der Waals surface area contributed by atoms with E-state index in [1.54, 1.807) is 19.1 Å². The molecule has 0 spiro atoms. The summed E-state index contributed by atoms with van der Waals surface area (Å²) in [6, 6.07) is 2.41. The Balaban J connectivity index is 2.31. The summed E-state index contributed by atoms with van der Waals surface area (Å²) in [6.07, 6.45) is 2.04. The lowest BCUT2D eigenvalue weighted by molar-refractivity contribution is -0.144. The number of rotatable bonds is 4. The summed E-state index contributed by atoms with van der Waals surface area (Å²) in [5.74, 6) is 0.0426. The molecule has 1 aliphatic rings. The molecule has 0 bridgehead atoms. The second-order valence-corrected chi connectivity index (χ2v) is 4.71. The first kappa shape index (κ1) is 14.2. The van der Waals surface area contributed by atoms with Crippen molar-refractivity contribution >= 4 is 12.0 Å². The van der Waals surface area contributed by atoms with Gasteiger partial charge in [0.15, 0.2) is 0 Å². The van der Waals surface area contributed by atoms with Gasteiger partial charge in [-0.25, -0.2) is 9.59 Å². The SMILES string of the molecule is CC[C@H](C)OC(=O)C1=C(C)NC(=O)N[C@@H]1c1ccco1. The third kappa shape index (κ3) is 2.84. The van der Waals surface area contributed by atoms with Crippen LogP contribution < -0.4 is 10.6 Å². The van der Waals surface area contributed by atoms with Gasteiger partial charge in [-0.3, -0.25) is 0 Å². The molecule has 20 heavy (non-hydrogen) atoms. The summed E-state index contributed by atoms with van der Waals surface area (Å²) in [4.78, 5) is 23.9. The van der Waals surface area contributed by atoms with E-state index in [1.807, 2.05) is 13.8 Å². The summed E-state index contributed by atoms with van der Waals surface area (Å²) >= 11 is 0. The minimum absolute atomic E-state index is 0.183. The first-order chi connectivity index (χ1) is 9.52. The predicted molar refractivity (Wildman–Crippen MR) is 71.7 cm³/mol. The second kappa shape index (κ2) is 5.81. The number of hydrogen-bond acceptors (Lipinski definition) is 4. The summed E-state index contributed by atoms with van der Waals surface area (Å²) in [7, 11) is 0. The first-order valence-corrected chi connectivity index (χ1v) is 6.55. The van der Waals surface area contributed by atoms with Crippen LogP contribution in [-0.4, -0.2) is 18.1 Å². The molecule has 2 heterocycles. The molecule has 1 aliphatic heterocycles. The van der Waals surface area contributed by atoms with Gasteiger partial charge in [-0.1, -0.05) is 6.92 Å². The van der Waals surface area contributed by atoms with Crippen molar-refractivity contribution in [3.05, 3.63) is 35.4 Å². The fourth-order valence-corrected chi connectivity index (χ4v) is 1.96. The Morgan fingerprint density at radius 2 is 2.30 bits per heavy atom. The Morgan fingerprint density at radius 3 is 2.90 bits per heavy atom. The number of carbonyl (C=O) groups excluding carboxylic acids is 2. The lowest BCUT2D eigenvalue weighted by Crippen LogP contribution is -2.45. The summed E-state index contributed by atoms with van der Waals surface area (Å²) in [5, 5.41) is 5.25. The maximum Gasteiger partial charge on any atom is 0.338 e. The number of ether oxygens (including phenoxy) is 1. The van der Waals surface area contributed by atoms with Crippen LogP contribution in [0.4, 0.5) is 4.79 Å². The van der Waals surface area contributed by atoms with Gasteiger partial charge in [-0.15, -0.1) is 0 Å². The molecule has 6 nitrogen and oxygen atoms in total. The number of nitrogens with one attached hydrogen (secondary N) is 2. The lowest BCUT2D eigenvalue weighted by Gasteiger charge is -2.27. The summed E-state index contributed by atoms with van der Waals surface area (Å²) in [5.41, 5.74) is 0.836. The van der Waals surface area contributed by atoms with Crippen LogP contribution in [0.25, 0.3) is 0 Å². The molecule has 2 rings (SSSR count). The molecule has 0 fully saturated rings. The standard InChI is InChI=1S/C14H18N2O4/c1-4-8(2)20-13(17)11-9(3)15-14(18)16-12(11)10-6-5-7-19-10/h5-8,12H,4H2,1-3H3,(H2,15,16,18)/t8-,12+/m0/s1. The van der Waals surface area contributed by atoms with Crippen molar-refractivity contribution in [3.8, 4) is 0 Å². The quantitative estimate of drug-likeness (QED) is 0.828. The summed E-state index contributed by atoms with van der Waals surface area (Å²) in [6.45, 7) is 5.43. The number of allylic oxidation sites excluding steroid dienone is 1. The molecule has 2 N–H and O–H groups in total.